The quantitative estimate of drug-likeness (QED) is 0.217. The van der Waals surface area contributed by atoms with Crippen molar-refractivity contribution < 1.29 is 29.0 Å². The number of methoxy groups -OCH3 is 1. The lowest BCUT2D eigenvalue weighted by Crippen LogP contribution is -2.59. The number of aryl methyl sites for hydroxylation is 2. The molecule has 3 aromatic carbocycles. The number of carbonyl (C=O) groups is 3. The van der Waals surface area contributed by atoms with Crippen LogP contribution in [-0.2, 0) is 20.7 Å². The number of rotatable bonds is 11. The standard InChI is InChI=1S/C36H47N3O6/c1-10-36(7,8)39(33(42)30(38-34(43)45-35(4,5)6)22-25-11-15-28(40)16-12-25)31(26-20-23(2)19-24(3)21-26)32(41)37-27-13-17-29(44-9)18-14-27/h11-21,30-31,40H,10,22H2,1-9H3,(H,37,41)(H,38,43). The molecule has 2 unspecified atom stereocenters. The van der Waals surface area contributed by atoms with Gasteiger partial charge in [0.1, 0.15) is 29.2 Å². The number of ether oxygens (including phenoxy) is 2. The highest BCUT2D eigenvalue weighted by Gasteiger charge is 2.43. The third-order valence-electron chi connectivity index (χ3n) is 7.54. The van der Waals surface area contributed by atoms with Gasteiger partial charge in [-0.05, 0) is 102 Å². The number of benzene rings is 3. The van der Waals surface area contributed by atoms with Crippen molar-refractivity contribution in [1.82, 2.24) is 10.2 Å². The summed E-state index contributed by atoms with van der Waals surface area (Å²) in [6.45, 7) is 14.9. The number of aromatic hydroxyl groups is 1. The summed E-state index contributed by atoms with van der Waals surface area (Å²) in [6.07, 6.45) is -0.123. The molecule has 3 rings (SSSR count). The van der Waals surface area contributed by atoms with Crippen molar-refractivity contribution in [2.24, 2.45) is 0 Å². The Morgan fingerprint density at radius 1 is 0.889 bits per heavy atom. The second kappa shape index (κ2) is 14.5. The van der Waals surface area contributed by atoms with Gasteiger partial charge >= 0.3 is 6.09 Å². The predicted octanol–water partition coefficient (Wildman–Crippen LogP) is 6.85. The smallest absolute Gasteiger partial charge is 0.408 e. The van der Waals surface area contributed by atoms with Gasteiger partial charge in [-0.15, -0.1) is 0 Å². The molecule has 0 saturated carbocycles. The average Bonchev–Trinajstić information content (AvgIpc) is 2.95. The number of phenolic OH excluding ortho intramolecular Hbond substituents is 1. The van der Waals surface area contributed by atoms with Gasteiger partial charge in [-0.3, -0.25) is 9.59 Å². The molecule has 0 aliphatic rings. The monoisotopic (exact) mass is 617 g/mol. The molecule has 242 valence electrons. The van der Waals surface area contributed by atoms with Crippen LogP contribution < -0.4 is 15.4 Å². The summed E-state index contributed by atoms with van der Waals surface area (Å²) >= 11 is 0. The summed E-state index contributed by atoms with van der Waals surface area (Å²) in [4.78, 5) is 43.9. The van der Waals surface area contributed by atoms with Gasteiger partial charge in [-0.1, -0.05) is 48.4 Å². The first-order chi connectivity index (χ1) is 21.0. The van der Waals surface area contributed by atoms with E-state index < -0.39 is 41.1 Å². The van der Waals surface area contributed by atoms with Crippen LogP contribution in [0.2, 0.25) is 0 Å². The van der Waals surface area contributed by atoms with E-state index in [1.807, 2.05) is 52.8 Å². The van der Waals surface area contributed by atoms with Crippen LogP contribution in [0.15, 0.2) is 66.7 Å². The van der Waals surface area contributed by atoms with E-state index in [0.717, 1.165) is 11.1 Å². The molecule has 0 heterocycles. The maximum atomic E-state index is 14.9. The molecule has 3 N–H and O–H groups in total. The zero-order valence-electron chi connectivity index (χ0n) is 27.9. The fourth-order valence-corrected chi connectivity index (χ4v) is 5.10. The first kappa shape index (κ1) is 35.0. The molecule has 0 aromatic heterocycles. The SMILES string of the molecule is CCC(C)(C)N(C(=O)C(Cc1ccc(O)cc1)NC(=O)OC(C)(C)C)C(C(=O)Nc1ccc(OC)cc1)c1cc(C)cc(C)c1. The summed E-state index contributed by atoms with van der Waals surface area (Å²) in [7, 11) is 1.57. The molecule has 0 aliphatic heterocycles. The van der Waals surface area contributed by atoms with Crippen LogP contribution in [0.4, 0.5) is 10.5 Å². The Morgan fingerprint density at radius 2 is 1.47 bits per heavy atom. The largest absolute Gasteiger partial charge is 0.508 e. The van der Waals surface area contributed by atoms with Crippen molar-refractivity contribution in [3.8, 4) is 11.5 Å². The lowest BCUT2D eigenvalue weighted by Gasteiger charge is -2.44. The summed E-state index contributed by atoms with van der Waals surface area (Å²) in [5.41, 5.74) is 2.18. The van der Waals surface area contributed by atoms with Crippen LogP contribution in [0.3, 0.4) is 0 Å². The first-order valence-corrected chi connectivity index (χ1v) is 15.2. The number of nitrogens with zero attached hydrogens (tertiary/aromatic N) is 1. The van der Waals surface area contributed by atoms with E-state index in [0.29, 0.717) is 29.0 Å². The van der Waals surface area contributed by atoms with Crippen molar-refractivity contribution in [2.75, 3.05) is 12.4 Å². The Hall–Kier alpha value is -4.53. The Labute approximate surface area is 266 Å². The molecule has 3 amide bonds. The first-order valence-electron chi connectivity index (χ1n) is 15.2. The van der Waals surface area contributed by atoms with Crippen LogP contribution >= 0.6 is 0 Å². The summed E-state index contributed by atoms with van der Waals surface area (Å²) in [5, 5.41) is 15.6. The van der Waals surface area contributed by atoms with E-state index in [2.05, 4.69) is 10.6 Å². The molecule has 2 atom stereocenters. The fourth-order valence-electron chi connectivity index (χ4n) is 5.10. The van der Waals surface area contributed by atoms with Crippen molar-refractivity contribution in [2.45, 2.75) is 91.5 Å². The zero-order valence-corrected chi connectivity index (χ0v) is 27.9. The Bertz CT molecular complexity index is 1460. The van der Waals surface area contributed by atoms with E-state index in [1.165, 1.54) is 12.1 Å². The Kier molecular flexibility index (Phi) is 11.3. The third-order valence-corrected chi connectivity index (χ3v) is 7.54. The normalized spacial score (nSPS) is 12.9. The molecule has 0 saturated heterocycles. The highest BCUT2D eigenvalue weighted by atomic mass is 16.6. The summed E-state index contributed by atoms with van der Waals surface area (Å²) < 4.78 is 10.8. The lowest BCUT2D eigenvalue weighted by atomic mass is 9.90. The highest BCUT2D eigenvalue weighted by molar-refractivity contribution is 5.99. The average molecular weight is 618 g/mol. The molecule has 0 bridgehead atoms. The summed E-state index contributed by atoms with van der Waals surface area (Å²) in [6, 6.07) is 17.1. The molecule has 3 aromatic rings. The molecular weight excluding hydrogens is 570 g/mol. The molecule has 0 radical (unpaired) electrons. The number of anilines is 1. The molecule has 0 spiro atoms. The predicted molar refractivity (Wildman–Crippen MR) is 176 cm³/mol. The second-order valence-corrected chi connectivity index (χ2v) is 13.0. The minimum absolute atomic E-state index is 0.0838. The maximum Gasteiger partial charge on any atom is 0.408 e. The van der Waals surface area contributed by atoms with Crippen LogP contribution in [0.5, 0.6) is 11.5 Å². The van der Waals surface area contributed by atoms with Crippen molar-refractivity contribution in [3.05, 3.63) is 89.0 Å². The zero-order chi connectivity index (χ0) is 33.5. The number of nitrogens with one attached hydrogen (secondary N) is 2. The van der Waals surface area contributed by atoms with Crippen LogP contribution in [0.25, 0.3) is 0 Å². The Morgan fingerprint density at radius 3 is 1.98 bits per heavy atom. The molecule has 0 fully saturated rings. The minimum atomic E-state index is -1.09. The topological polar surface area (TPSA) is 117 Å². The minimum Gasteiger partial charge on any atom is -0.508 e. The van der Waals surface area contributed by atoms with Gasteiger partial charge in [0.2, 0.25) is 5.91 Å². The van der Waals surface area contributed by atoms with Crippen LogP contribution in [0.1, 0.15) is 76.3 Å². The maximum absolute atomic E-state index is 14.9. The Balaban J connectivity index is 2.16. The number of amides is 3. The molecule has 9 nitrogen and oxygen atoms in total. The van der Waals surface area contributed by atoms with Crippen LogP contribution in [0, 0.1) is 13.8 Å². The number of hydrogen-bond acceptors (Lipinski definition) is 6. The van der Waals surface area contributed by atoms with Crippen molar-refractivity contribution in [3.63, 3.8) is 0 Å². The van der Waals surface area contributed by atoms with E-state index in [1.54, 1.807) is 69.2 Å². The number of carbonyl (C=O) groups excluding carboxylic acids is 3. The van der Waals surface area contributed by atoms with Crippen molar-refractivity contribution in [1.29, 1.82) is 0 Å². The molecular formula is C36H47N3O6. The van der Waals surface area contributed by atoms with Crippen molar-refractivity contribution >= 4 is 23.6 Å². The van der Waals surface area contributed by atoms with Gasteiger partial charge < -0.3 is 30.1 Å². The van der Waals surface area contributed by atoms with E-state index in [4.69, 9.17) is 9.47 Å². The molecule has 0 aliphatic carbocycles. The molecule has 45 heavy (non-hydrogen) atoms. The third kappa shape index (κ3) is 9.73. The van der Waals surface area contributed by atoms with Gasteiger partial charge in [0.25, 0.3) is 5.91 Å². The van der Waals surface area contributed by atoms with Gasteiger partial charge in [-0.25, -0.2) is 4.79 Å². The number of phenols is 1. The van der Waals surface area contributed by atoms with Gasteiger partial charge in [0, 0.05) is 17.6 Å². The highest BCUT2D eigenvalue weighted by Crippen LogP contribution is 2.34. The van der Waals surface area contributed by atoms with E-state index >= 15 is 0 Å². The van der Waals surface area contributed by atoms with Gasteiger partial charge in [0.15, 0.2) is 0 Å². The van der Waals surface area contributed by atoms with Gasteiger partial charge in [0.05, 0.1) is 7.11 Å². The molecule has 9 heteroatoms. The number of alkyl carbamates (subject to hydrolysis) is 1. The fraction of sp³-hybridized carbons (Fsp3) is 0.417. The lowest BCUT2D eigenvalue weighted by molar-refractivity contribution is -0.147. The van der Waals surface area contributed by atoms with E-state index in [-0.39, 0.29) is 12.2 Å². The second-order valence-electron chi connectivity index (χ2n) is 13.0. The van der Waals surface area contributed by atoms with Gasteiger partial charge in [-0.2, -0.15) is 0 Å². The van der Waals surface area contributed by atoms with E-state index in [9.17, 15) is 19.5 Å². The number of hydrogen-bond donors (Lipinski definition) is 3. The van der Waals surface area contributed by atoms with Crippen LogP contribution in [-0.4, -0.2) is 52.2 Å². The summed E-state index contributed by atoms with van der Waals surface area (Å²) in [5.74, 6) is -0.121.